The maximum absolute atomic E-state index is 11.9. The van der Waals surface area contributed by atoms with Gasteiger partial charge in [-0.3, -0.25) is 9.03 Å². The second-order valence-corrected chi connectivity index (χ2v) is 9.69. The number of hydrogen-bond acceptors (Lipinski definition) is 4. The Morgan fingerprint density at radius 3 is 2.43 bits per heavy atom. The number of sulfonamides is 2. The van der Waals surface area contributed by atoms with Crippen LogP contribution in [0, 0.1) is 6.92 Å². The highest BCUT2D eigenvalue weighted by Crippen LogP contribution is 2.28. The van der Waals surface area contributed by atoms with Crippen LogP contribution in [0.2, 0.25) is 0 Å². The average Bonchev–Trinajstić information content (AvgIpc) is 2.71. The minimum Gasteiger partial charge on any atom is -0.283 e. The molecule has 1 fully saturated rings. The van der Waals surface area contributed by atoms with E-state index in [2.05, 4.69) is 4.72 Å². The molecule has 1 aromatic rings. The third-order valence-electron chi connectivity index (χ3n) is 3.47. The van der Waals surface area contributed by atoms with Crippen LogP contribution < -0.4 is 9.03 Å². The highest BCUT2D eigenvalue weighted by atomic mass is 32.2. The van der Waals surface area contributed by atoms with E-state index in [-0.39, 0.29) is 5.75 Å². The van der Waals surface area contributed by atoms with Crippen LogP contribution in [0.1, 0.15) is 25.8 Å². The molecule has 1 aromatic carbocycles. The normalized spacial score (nSPS) is 18.2. The summed E-state index contributed by atoms with van der Waals surface area (Å²) in [5.74, 6) is 0.160. The Morgan fingerprint density at radius 2 is 1.95 bits per heavy atom. The van der Waals surface area contributed by atoms with Gasteiger partial charge in [0.05, 0.1) is 22.4 Å². The molecule has 2 rings (SSSR count). The Bertz CT molecular complexity index is 739. The van der Waals surface area contributed by atoms with E-state index < -0.39 is 25.3 Å². The molecular formula is C13H20N2O4S2. The van der Waals surface area contributed by atoms with Crippen molar-refractivity contribution in [2.45, 2.75) is 32.4 Å². The molecule has 0 unspecified atom stereocenters. The largest absolute Gasteiger partial charge is 0.283 e. The lowest BCUT2D eigenvalue weighted by Gasteiger charge is -2.19. The molecule has 1 N–H and O–H groups in total. The van der Waals surface area contributed by atoms with Gasteiger partial charge in [-0.2, -0.15) is 0 Å². The zero-order valence-corrected chi connectivity index (χ0v) is 14.0. The molecule has 0 atom stereocenters. The van der Waals surface area contributed by atoms with Gasteiger partial charge in [-0.05, 0) is 51.0 Å². The monoisotopic (exact) mass is 332 g/mol. The molecule has 0 aliphatic carbocycles. The summed E-state index contributed by atoms with van der Waals surface area (Å²) in [5, 5.41) is -0.532. The van der Waals surface area contributed by atoms with Gasteiger partial charge in [0.25, 0.3) is 0 Å². The van der Waals surface area contributed by atoms with Crippen LogP contribution in [0.4, 0.5) is 11.4 Å². The van der Waals surface area contributed by atoms with Gasteiger partial charge in [0.2, 0.25) is 20.0 Å². The van der Waals surface area contributed by atoms with Crippen molar-refractivity contribution in [3.05, 3.63) is 23.8 Å². The van der Waals surface area contributed by atoms with Gasteiger partial charge < -0.3 is 0 Å². The molecule has 0 radical (unpaired) electrons. The summed E-state index contributed by atoms with van der Waals surface area (Å²) in [6, 6.07) is 4.94. The molecule has 1 aliphatic rings. The lowest BCUT2D eigenvalue weighted by atomic mass is 10.2. The first kappa shape index (κ1) is 16.1. The van der Waals surface area contributed by atoms with Crippen molar-refractivity contribution in [1.29, 1.82) is 0 Å². The standard InChI is InChI=1S/C13H20N2O4S2/c1-10(2)21(18,19)14-13-6-5-12(9-11(13)3)15-7-4-8-20(15,16)17/h5-6,9-10,14H,4,7-8H2,1-3H3. The summed E-state index contributed by atoms with van der Waals surface area (Å²) in [4.78, 5) is 0. The van der Waals surface area contributed by atoms with Crippen LogP contribution >= 0.6 is 0 Å². The van der Waals surface area contributed by atoms with E-state index in [1.807, 2.05) is 0 Å². The summed E-state index contributed by atoms with van der Waals surface area (Å²) < 4.78 is 51.4. The fraction of sp³-hybridized carbons (Fsp3) is 0.538. The summed E-state index contributed by atoms with van der Waals surface area (Å²) in [6.45, 7) is 5.43. The second-order valence-electron chi connectivity index (χ2n) is 5.44. The van der Waals surface area contributed by atoms with Crippen LogP contribution in [0.25, 0.3) is 0 Å². The van der Waals surface area contributed by atoms with Crippen molar-refractivity contribution >= 4 is 31.4 Å². The van der Waals surface area contributed by atoms with Crippen molar-refractivity contribution in [3.8, 4) is 0 Å². The van der Waals surface area contributed by atoms with E-state index in [0.29, 0.717) is 29.9 Å². The van der Waals surface area contributed by atoms with Gasteiger partial charge in [0, 0.05) is 6.54 Å². The average molecular weight is 332 g/mol. The number of rotatable bonds is 4. The number of nitrogens with one attached hydrogen (secondary N) is 1. The second kappa shape index (κ2) is 5.49. The lowest BCUT2D eigenvalue weighted by molar-refractivity contribution is 0.592. The molecule has 8 heteroatoms. The highest BCUT2D eigenvalue weighted by Gasteiger charge is 2.28. The van der Waals surface area contributed by atoms with Gasteiger partial charge in [0.15, 0.2) is 0 Å². The number of nitrogens with zero attached hydrogens (tertiary/aromatic N) is 1. The van der Waals surface area contributed by atoms with E-state index >= 15 is 0 Å². The number of anilines is 2. The fourth-order valence-electron chi connectivity index (χ4n) is 2.12. The summed E-state index contributed by atoms with van der Waals surface area (Å²) in [5.41, 5.74) is 1.75. The summed E-state index contributed by atoms with van der Waals surface area (Å²) >= 11 is 0. The first-order chi connectivity index (χ1) is 9.63. The molecule has 0 amide bonds. The van der Waals surface area contributed by atoms with E-state index in [1.165, 1.54) is 4.31 Å². The molecule has 0 spiro atoms. The first-order valence-electron chi connectivity index (χ1n) is 6.76. The van der Waals surface area contributed by atoms with Crippen LogP contribution in [-0.2, 0) is 20.0 Å². The molecule has 1 heterocycles. The van der Waals surface area contributed by atoms with E-state index in [9.17, 15) is 16.8 Å². The first-order valence-corrected chi connectivity index (χ1v) is 9.92. The maximum Gasteiger partial charge on any atom is 0.235 e. The fourth-order valence-corrected chi connectivity index (χ4v) is 4.45. The Labute approximate surface area is 126 Å². The number of hydrogen-bond donors (Lipinski definition) is 1. The van der Waals surface area contributed by atoms with E-state index in [1.54, 1.807) is 39.0 Å². The van der Waals surface area contributed by atoms with Gasteiger partial charge in [-0.25, -0.2) is 16.8 Å². The van der Waals surface area contributed by atoms with E-state index in [4.69, 9.17) is 0 Å². The van der Waals surface area contributed by atoms with Gasteiger partial charge >= 0.3 is 0 Å². The van der Waals surface area contributed by atoms with Gasteiger partial charge in [0.1, 0.15) is 0 Å². The van der Waals surface area contributed by atoms with Gasteiger partial charge in [-0.15, -0.1) is 0 Å². The lowest BCUT2D eigenvalue weighted by Crippen LogP contribution is -2.25. The van der Waals surface area contributed by atoms with Crippen molar-refractivity contribution < 1.29 is 16.8 Å². The zero-order valence-electron chi connectivity index (χ0n) is 12.3. The maximum atomic E-state index is 11.9. The Balaban J connectivity index is 2.31. The Morgan fingerprint density at radius 1 is 1.29 bits per heavy atom. The van der Waals surface area contributed by atoms with Crippen LogP contribution in [0.15, 0.2) is 18.2 Å². The summed E-state index contributed by atoms with van der Waals surface area (Å²) in [7, 11) is -6.63. The molecular weight excluding hydrogens is 312 g/mol. The Hall–Kier alpha value is -1.28. The number of aryl methyl sites for hydroxylation is 1. The SMILES string of the molecule is Cc1cc(N2CCCS2(=O)=O)ccc1NS(=O)(=O)C(C)C. The molecule has 118 valence electrons. The summed E-state index contributed by atoms with van der Waals surface area (Å²) in [6.07, 6.45) is 0.614. The minimum atomic E-state index is -3.41. The minimum absolute atomic E-state index is 0.160. The molecule has 0 bridgehead atoms. The number of benzene rings is 1. The molecule has 0 saturated carbocycles. The molecule has 6 nitrogen and oxygen atoms in total. The van der Waals surface area contributed by atoms with Gasteiger partial charge in [-0.1, -0.05) is 0 Å². The third kappa shape index (κ3) is 3.32. The quantitative estimate of drug-likeness (QED) is 0.909. The topological polar surface area (TPSA) is 83.6 Å². The van der Waals surface area contributed by atoms with Crippen LogP contribution in [0.3, 0.4) is 0 Å². The predicted octanol–water partition coefficient (Wildman–Crippen LogP) is 1.69. The van der Waals surface area contributed by atoms with Crippen molar-refractivity contribution in [2.24, 2.45) is 0 Å². The Kier molecular flexibility index (Phi) is 4.21. The predicted molar refractivity (Wildman–Crippen MR) is 84.6 cm³/mol. The third-order valence-corrected chi connectivity index (χ3v) is 7.09. The van der Waals surface area contributed by atoms with Crippen molar-refractivity contribution in [3.63, 3.8) is 0 Å². The van der Waals surface area contributed by atoms with Crippen molar-refractivity contribution in [1.82, 2.24) is 0 Å². The van der Waals surface area contributed by atoms with E-state index in [0.717, 1.165) is 0 Å². The van der Waals surface area contributed by atoms with Crippen LogP contribution in [-0.4, -0.2) is 34.4 Å². The molecule has 1 saturated heterocycles. The molecule has 1 aliphatic heterocycles. The zero-order chi connectivity index (χ0) is 15.8. The van der Waals surface area contributed by atoms with Crippen LogP contribution in [0.5, 0.6) is 0 Å². The molecule has 0 aromatic heterocycles. The smallest absolute Gasteiger partial charge is 0.235 e. The molecule has 21 heavy (non-hydrogen) atoms. The highest BCUT2D eigenvalue weighted by molar-refractivity contribution is 7.93. The van der Waals surface area contributed by atoms with Crippen molar-refractivity contribution in [2.75, 3.05) is 21.3 Å².